The van der Waals surface area contributed by atoms with Crippen molar-refractivity contribution >= 4 is 23.5 Å². The number of piperidine rings is 1. The standard InChI is InChI=1S/C21H23N3O4/c1-14-8-11-24(12-9-14)20(26)16-7-10-22-18(13-16)19(25)23-17-5-3-15(4-6-17)21(27)28-2/h3-7,10,13-14H,8-9,11-12H2,1-2H3,(H,23,25). The Labute approximate surface area is 163 Å². The molecule has 0 unspecified atom stereocenters. The molecule has 2 heterocycles. The van der Waals surface area contributed by atoms with E-state index in [0.717, 1.165) is 25.9 Å². The van der Waals surface area contributed by atoms with Crippen LogP contribution in [0.1, 0.15) is 51.0 Å². The minimum absolute atomic E-state index is 0.0780. The van der Waals surface area contributed by atoms with Gasteiger partial charge in [-0.3, -0.25) is 14.6 Å². The summed E-state index contributed by atoms with van der Waals surface area (Å²) in [5, 5.41) is 2.72. The zero-order valence-corrected chi connectivity index (χ0v) is 16.0. The van der Waals surface area contributed by atoms with Gasteiger partial charge in [0, 0.05) is 30.5 Å². The fourth-order valence-corrected chi connectivity index (χ4v) is 3.08. The van der Waals surface area contributed by atoms with E-state index in [1.807, 2.05) is 4.90 Å². The van der Waals surface area contributed by atoms with Crippen LogP contribution < -0.4 is 5.32 Å². The summed E-state index contributed by atoms with van der Waals surface area (Å²) < 4.78 is 4.65. The van der Waals surface area contributed by atoms with Gasteiger partial charge in [-0.15, -0.1) is 0 Å². The third-order valence-electron chi connectivity index (χ3n) is 4.87. The number of rotatable bonds is 4. The van der Waals surface area contributed by atoms with E-state index in [2.05, 4.69) is 22.0 Å². The molecule has 1 saturated heterocycles. The lowest BCUT2D eigenvalue weighted by atomic mass is 9.98. The van der Waals surface area contributed by atoms with Crippen molar-refractivity contribution in [3.8, 4) is 0 Å². The second-order valence-electron chi connectivity index (χ2n) is 6.93. The Morgan fingerprint density at radius 2 is 1.75 bits per heavy atom. The number of pyridine rings is 1. The molecule has 1 fully saturated rings. The number of nitrogens with zero attached hydrogens (tertiary/aromatic N) is 2. The minimum atomic E-state index is -0.446. The van der Waals surface area contributed by atoms with Crippen LogP contribution in [0.25, 0.3) is 0 Å². The average molecular weight is 381 g/mol. The number of carbonyl (C=O) groups excluding carboxylic acids is 3. The molecule has 2 aromatic rings. The number of ether oxygens (including phenoxy) is 1. The van der Waals surface area contributed by atoms with Crippen LogP contribution in [0.4, 0.5) is 5.69 Å². The largest absolute Gasteiger partial charge is 0.465 e. The average Bonchev–Trinajstić information content (AvgIpc) is 2.74. The second-order valence-corrected chi connectivity index (χ2v) is 6.93. The van der Waals surface area contributed by atoms with Crippen molar-refractivity contribution in [1.82, 2.24) is 9.88 Å². The zero-order chi connectivity index (χ0) is 20.1. The van der Waals surface area contributed by atoms with Gasteiger partial charge in [0.15, 0.2) is 0 Å². The van der Waals surface area contributed by atoms with Gasteiger partial charge in [-0.1, -0.05) is 6.92 Å². The molecule has 0 atom stereocenters. The van der Waals surface area contributed by atoms with E-state index in [1.165, 1.54) is 19.4 Å². The zero-order valence-electron chi connectivity index (χ0n) is 16.0. The summed E-state index contributed by atoms with van der Waals surface area (Å²) in [4.78, 5) is 42.5. The third-order valence-corrected chi connectivity index (χ3v) is 4.87. The number of esters is 1. The van der Waals surface area contributed by atoms with Gasteiger partial charge in [-0.25, -0.2) is 4.79 Å². The first-order valence-electron chi connectivity index (χ1n) is 9.23. The van der Waals surface area contributed by atoms with Crippen molar-refractivity contribution in [1.29, 1.82) is 0 Å². The number of anilines is 1. The monoisotopic (exact) mass is 381 g/mol. The van der Waals surface area contributed by atoms with Crippen LogP contribution in [0.2, 0.25) is 0 Å². The molecule has 0 bridgehead atoms. The predicted molar refractivity (Wildman–Crippen MR) is 104 cm³/mol. The Hall–Kier alpha value is -3.22. The molecule has 1 aliphatic heterocycles. The number of likely N-dealkylation sites (tertiary alicyclic amines) is 1. The maximum Gasteiger partial charge on any atom is 0.337 e. The Balaban J connectivity index is 1.68. The number of amides is 2. The van der Waals surface area contributed by atoms with Gasteiger partial charge in [0.1, 0.15) is 5.69 Å². The van der Waals surface area contributed by atoms with E-state index in [0.29, 0.717) is 22.7 Å². The van der Waals surface area contributed by atoms with E-state index >= 15 is 0 Å². The molecule has 146 valence electrons. The molecule has 3 rings (SSSR count). The molecule has 0 aliphatic carbocycles. The molecule has 28 heavy (non-hydrogen) atoms. The Bertz CT molecular complexity index is 871. The molecular weight excluding hydrogens is 358 g/mol. The van der Waals surface area contributed by atoms with Crippen molar-refractivity contribution < 1.29 is 19.1 Å². The number of aromatic nitrogens is 1. The summed E-state index contributed by atoms with van der Waals surface area (Å²) in [5.41, 5.74) is 1.52. The van der Waals surface area contributed by atoms with E-state index in [4.69, 9.17) is 0 Å². The van der Waals surface area contributed by atoms with Gasteiger partial charge < -0.3 is 15.0 Å². The van der Waals surface area contributed by atoms with Crippen LogP contribution in [-0.2, 0) is 4.74 Å². The van der Waals surface area contributed by atoms with Crippen molar-refractivity contribution in [2.75, 3.05) is 25.5 Å². The molecule has 0 saturated carbocycles. The number of hydrogen-bond donors (Lipinski definition) is 1. The van der Waals surface area contributed by atoms with Crippen LogP contribution in [0.5, 0.6) is 0 Å². The lowest BCUT2D eigenvalue weighted by Gasteiger charge is -2.30. The summed E-state index contributed by atoms with van der Waals surface area (Å²) in [5.74, 6) is -0.315. The van der Waals surface area contributed by atoms with Crippen LogP contribution >= 0.6 is 0 Å². The summed E-state index contributed by atoms with van der Waals surface area (Å²) in [6.45, 7) is 3.65. The fourth-order valence-electron chi connectivity index (χ4n) is 3.08. The topological polar surface area (TPSA) is 88.6 Å². The molecule has 0 spiro atoms. The highest BCUT2D eigenvalue weighted by Gasteiger charge is 2.22. The van der Waals surface area contributed by atoms with E-state index < -0.39 is 11.9 Å². The Morgan fingerprint density at radius 3 is 2.39 bits per heavy atom. The van der Waals surface area contributed by atoms with Gasteiger partial charge in [0.25, 0.3) is 11.8 Å². The molecule has 0 radical (unpaired) electrons. The van der Waals surface area contributed by atoms with Crippen molar-refractivity contribution in [3.05, 3.63) is 59.4 Å². The number of nitrogens with one attached hydrogen (secondary N) is 1. The highest BCUT2D eigenvalue weighted by atomic mass is 16.5. The Morgan fingerprint density at radius 1 is 1.07 bits per heavy atom. The maximum absolute atomic E-state index is 12.7. The molecule has 7 heteroatoms. The summed E-state index contributed by atoms with van der Waals surface area (Å²) in [7, 11) is 1.31. The lowest BCUT2D eigenvalue weighted by molar-refractivity contribution is 0.0600. The van der Waals surface area contributed by atoms with Crippen LogP contribution in [0.3, 0.4) is 0 Å². The van der Waals surface area contributed by atoms with E-state index in [-0.39, 0.29) is 11.6 Å². The van der Waals surface area contributed by atoms with Gasteiger partial charge in [-0.2, -0.15) is 0 Å². The second kappa shape index (κ2) is 8.65. The van der Waals surface area contributed by atoms with Crippen molar-refractivity contribution in [2.45, 2.75) is 19.8 Å². The molecule has 1 aromatic carbocycles. The predicted octanol–water partition coefficient (Wildman–Crippen LogP) is 2.99. The highest BCUT2D eigenvalue weighted by Crippen LogP contribution is 2.18. The quantitative estimate of drug-likeness (QED) is 0.823. The fraction of sp³-hybridized carbons (Fsp3) is 0.333. The third kappa shape index (κ3) is 4.54. The first-order valence-corrected chi connectivity index (χ1v) is 9.23. The number of methoxy groups -OCH3 is 1. The first-order chi connectivity index (χ1) is 13.5. The van der Waals surface area contributed by atoms with Crippen LogP contribution in [0, 0.1) is 5.92 Å². The molecule has 1 aliphatic rings. The summed E-state index contributed by atoms with van der Waals surface area (Å²) >= 11 is 0. The first kappa shape index (κ1) is 19.5. The highest BCUT2D eigenvalue weighted by molar-refractivity contribution is 6.05. The molecule has 1 aromatic heterocycles. The van der Waals surface area contributed by atoms with E-state index in [1.54, 1.807) is 30.3 Å². The number of hydrogen-bond acceptors (Lipinski definition) is 5. The molecule has 2 amide bonds. The van der Waals surface area contributed by atoms with Gasteiger partial charge >= 0.3 is 5.97 Å². The van der Waals surface area contributed by atoms with Crippen molar-refractivity contribution in [2.24, 2.45) is 5.92 Å². The van der Waals surface area contributed by atoms with Gasteiger partial charge in [0.2, 0.25) is 0 Å². The maximum atomic E-state index is 12.7. The molecular formula is C21H23N3O4. The molecule has 1 N–H and O–H groups in total. The van der Waals surface area contributed by atoms with E-state index in [9.17, 15) is 14.4 Å². The smallest absolute Gasteiger partial charge is 0.337 e. The number of benzene rings is 1. The Kier molecular flexibility index (Phi) is 6.03. The number of carbonyl (C=O) groups is 3. The van der Waals surface area contributed by atoms with Crippen LogP contribution in [-0.4, -0.2) is 47.9 Å². The summed E-state index contributed by atoms with van der Waals surface area (Å²) in [6, 6.07) is 9.47. The van der Waals surface area contributed by atoms with Gasteiger partial charge in [-0.05, 0) is 55.2 Å². The lowest BCUT2D eigenvalue weighted by Crippen LogP contribution is -2.38. The minimum Gasteiger partial charge on any atom is -0.465 e. The normalized spacial score (nSPS) is 14.4. The van der Waals surface area contributed by atoms with Crippen LogP contribution in [0.15, 0.2) is 42.6 Å². The molecule has 7 nitrogen and oxygen atoms in total. The van der Waals surface area contributed by atoms with Crippen molar-refractivity contribution in [3.63, 3.8) is 0 Å². The SMILES string of the molecule is COC(=O)c1ccc(NC(=O)c2cc(C(=O)N3CCC(C)CC3)ccn2)cc1. The van der Waals surface area contributed by atoms with Gasteiger partial charge in [0.05, 0.1) is 12.7 Å². The summed E-state index contributed by atoms with van der Waals surface area (Å²) in [6.07, 6.45) is 3.45.